The predicted octanol–water partition coefficient (Wildman–Crippen LogP) is 4.33. The molecule has 1 atom stereocenters. The van der Waals surface area contributed by atoms with Crippen molar-refractivity contribution in [2.45, 2.75) is 78.2 Å². The largest absolute Gasteiger partial charge is 0.480 e. The van der Waals surface area contributed by atoms with E-state index in [2.05, 4.69) is 19.2 Å². The van der Waals surface area contributed by atoms with Gasteiger partial charge in [0.2, 0.25) is 5.91 Å². The van der Waals surface area contributed by atoms with Crippen LogP contribution in [0.3, 0.4) is 0 Å². The normalized spacial score (nSPS) is 25.5. The molecule has 0 aromatic rings. The van der Waals surface area contributed by atoms with E-state index in [1.165, 1.54) is 19.3 Å². The van der Waals surface area contributed by atoms with Gasteiger partial charge in [-0.25, -0.2) is 4.79 Å². The van der Waals surface area contributed by atoms with Gasteiger partial charge in [-0.15, -0.1) is 0 Å². The van der Waals surface area contributed by atoms with Crippen LogP contribution >= 0.6 is 11.8 Å². The molecule has 5 heteroatoms. The summed E-state index contributed by atoms with van der Waals surface area (Å²) in [6.45, 7) is 6.52. The molecule has 0 saturated heterocycles. The maximum absolute atomic E-state index is 12.6. The number of thioether (sulfide) groups is 1. The first-order chi connectivity index (χ1) is 11.3. The quantitative estimate of drug-likeness (QED) is 0.610. The first-order valence-electron chi connectivity index (χ1n) is 9.31. The highest BCUT2D eigenvalue weighted by Crippen LogP contribution is 2.40. The summed E-state index contributed by atoms with van der Waals surface area (Å²) in [5.41, 5.74) is -0.401. The standard InChI is InChI=1S/C19H35NO3S/c1-14(2)6-5-7-15-8-11-19(3,12-9-15)18(23)20-16(17(21)22)10-13-24-4/h14-16H,5-13H2,1-4H3,(H,20,23)(H,21,22)/t15-,16?,19-. The Morgan fingerprint density at radius 1 is 1.25 bits per heavy atom. The van der Waals surface area contributed by atoms with Crippen molar-refractivity contribution in [3.05, 3.63) is 0 Å². The second kappa shape index (κ2) is 10.3. The molecule has 1 saturated carbocycles. The van der Waals surface area contributed by atoms with E-state index in [-0.39, 0.29) is 5.91 Å². The fourth-order valence-electron chi connectivity index (χ4n) is 3.47. The van der Waals surface area contributed by atoms with Crippen LogP contribution in [-0.4, -0.2) is 35.0 Å². The third-order valence-electron chi connectivity index (χ3n) is 5.36. The summed E-state index contributed by atoms with van der Waals surface area (Å²) in [6.07, 6.45) is 10.2. The average Bonchev–Trinajstić information content (AvgIpc) is 2.52. The number of carbonyl (C=O) groups is 2. The molecule has 1 rings (SSSR count). The fraction of sp³-hybridized carbons (Fsp3) is 0.895. The molecule has 0 aromatic heterocycles. The Bertz CT molecular complexity index is 403. The maximum atomic E-state index is 12.6. The van der Waals surface area contributed by atoms with E-state index in [4.69, 9.17) is 0 Å². The number of rotatable bonds is 10. The van der Waals surface area contributed by atoms with Crippen LogP contribution in [-0.2, 0) is 9.59 Å². The number of carboxylic acids is 1. The molecule has 24 heavy (non-hydrogen) atoms. The zero-order valence-electron chi connectivity index (χ0n) is 15.8. The zero-order valence-corrected chi connectivity index (χ0v) is 16.6. The average molecular weight is 358 g/mol. The van der Waals surface area contributed by atoms with Gasteiger partial charge >= 0.3 is 5.97 Å². The van der Waals surface area contributed by atoms with Gasteiger partial charge in [0.15, 0.2) is 0 Å². The fourth-order valence-corrected chi connectivity index (χ4v) is 3.94. The summed E-state index contributed by atoms with van der Waals surface area (Å²) in [7, 11) is 0. The number of aliphatic carboxylic acids is 1. The van der Waals surface area contributed by atoms with Crippen molar-refractivity contribution in [3.8, 4) is 0 Å². The van der Waals surface area contributed by atoms with Gasteiger partial charge in [0.1, 0.15) is 6.04 Å². The molecule has 0 spiro atoms. The van der Waals surface area contributed by atoms with E-state index in [0.29, 0.717) is 6.42 Å². The minimum atomic E-state index is -0.927. The summed E-state index contributed by atoms with van der Waals surface area (Å²) in [4.78, 5) is 24.0. The zero-order chi connectivity index (χ0) is 18.2. The Labute approximate surface area is 151 Å². The maximum Gasteiger partial charge on any atom is 0.326 e. The first-order valence-corrected chi connectivity index (χ1v) is 10.7. The van der Waals surface area contributed by atoms with Crippen molar-refractivity contribution < 1.29 is 14.7 Å². The smallest absolute Gasteiger partial charge is 0.326 e. The summed E-state index contributed by atoms with van der Waals surface area (Å²) >= 11 is 1.60. The van der Waals surface area contributed by atoms with Crippen LogP contribution < -0.4 is 5.32 Å². The molecule has 4 nitrogen and oxygen atoms in total. The van der Waals surface area contributed by atoms with E-state index < -0.39 is 17.4 Å². The van der Waals surface area contributed by atoms with Crippen LogP contribution in [0.2, 0.25) is 0 Å². The number of amides is 1. The van der Waals surface area contributed by atoms with Crippen LogP contribution in [0, 0.1) is 17.3 Å². The molecule has 2 N–H and O–H groups in total. The lowest BCUT2D eigenvalue weighted by Gasteiger charge is -2.37. The number of hydrogen-bond acceptors (Lipinski definition) is 3. The summed E-state index contributed by atoms with van der Waals surface area (Å²) in [6, 6.07) is -0.759. The molecular weight excluding hydrogens is 322 g/mol. The van der Waals surface area contributed by atoms with E-state index in [1.54, 1.807) is 11.8 Å². The third-order valence-corrected chi connectivity index (χ3v) is 6.01. The van der Waals surface area contributed by atoms with Gasteiger partial charge in [-0.05, 0) is 55.9 Å². The Kier molecular flexibility index (Phi) is 9.17. The van der Waals surface area contributed by atoms with Crippen LogP contribution in [0.1, 0.15) is 72.1 Å². The highest BCUT2D eigenvalue weighted by molar-refractivity contribution is 7.98. The number of nitrogens with one attached hydrogen (secondary N) is 1. The molecule has 1 amide bonds. The van der Waals surface area contributed by atoms with E-state index in [1.807, 2.05) is 13.2 Å². The molecule has 1 fully saturated rings. The van der Waals surface area contributed by atoms with Crippen molar-refractivity contribution in [1.29, 1.82) is 0 Å². The second-order valence-corrected chi connectivity index (χ2v) is 8.96. The SMILES string of the molecule is CSCCC(NC(=O)[C@]1(C)CC[C@@H](CCCC(C)C)CC1)C(=O)O. The molecular formula is C19H35NO3S. The first kappa shape index (κ1) is 21.3. The molecule has 1 unspecified atom stereocenters. The van der Waals surface area contributed by atoms with Crippen LogP contribution in [0.25, 0.3) is 0 Å². The van der Waals surface area contributed by atoms with Gasteiger partial charge in [-0.3, -0.25) is 4.79 Å². The Hall–Kier alpha value is -0.710. The third kappa shape index (κ3) is 7.04. The van der Waals surface area contributed by atoms with Crippen LogP contribution in [0.15, 0.2) is 0 Å². The van der Waals surface area contributed by atoms with Gasteiger partial charge in [-0.2, -0.15) is 11.8 Å². The predicted molar refractivity (Wildman–Crippen MR) is 101 cm³/mol. The minimum absolute atomic E-state index is 0.0726. The molecule has 0 aliphatic heterocycles. The lowest BCUT2D eigenvalue weighted by Crippen LogP contribution is -2.48. The van der Waals surface area contributed by atoms with Crippen LogP contribution in [0.4, 0.5) is 0 Å². The van der Waals surface area contributed by atoms with Crippen molar-refractivity contribution >= 4 is 23.6 Å². The molecule has 1 aliphatic rings. The topological polar surface area (TPSA) is 66.4 Å². The van der Waals surface area contributed by atoms with Gasteiger partial charge < -0.3 is 10.4 Å². The highest BCUT2D eigenvalue weighted by atomic mass is 32.2. The summed E-state index contributed by atoms with van der Waals surface area (Å²) in [5, 5.41) is 12.1. The Balaban J connectivity index is 2.46. The summed E-state index contributed by atoms with van der Waals surface area (Å²) in [5.74, 6) is 1.24. The molecule has 0 heterocycles. The highest BCUT2D eigenvalue weighted by Gasteiger charge is 2.38. The molecule has 140 valence electrons. The van der Waals surface area contributed by atoms with Gasteiger partial charge in [0.05, 0.1) is 0 Å². The molecule has 1 aliphatic carbocycles. The van der Waals surface area contributed by atoms with Crippen molar-refractivity contribution in [1.82, 2.24) is 5.32 Å². The lowest BCUT2D eigenvalue weighted by atomic mass is 9.70. The van der Waals surface area contributed by atoms with Crippen molar-refractivity contribution in [2.24, 2.45) is 17.3 Å². The van der Waals surface area contributed by atoms with E-state index in [0.717, 1.165) is 43.3 Å². The lowest BCUT2D eigenvalue weighted by molar-refractivity contribution is -0.144. The number of carboxylic acid groups (broad SMARTS) is 1. The Morgan fingerprint density at radius 3 is 2.38 bits per heavy atom. The van der Waals surface area contributed by atoms with Gasteiger partial charge in [-0.1, -0.05) is 40.0 Å². The minimum Gasteiger partial charge on any atom is -0.480 e. The Morgan fingerprint density at radius 2 is 1.88 bits per heavy atom. The molecule has 0 bridgehead atoms. The van der Waals surface area contributed by atoms with Crippen LogP contribution in [0.5, 0.6) is 0 Å². The monoisotopic (exact) mass is 357 g/mol. The van der Waals surface area contributed by atoms with Crippen molar-refractivity contribution in [3.63, 3.8) is 0 Å². The summed E-state index contributed by atoms with van der Waals surface area (Å²) < 4.78 is 0. The van der Waals surface area contributed by atoms with E-state index >= 15 is 0 Å². The molecule has 0 radical (unpaired) electrons. The number of hydrogen-bond donors (Lipinski definition) is 2. The second-order valence-electron chi connectivity index (χ2n) is 7.97. The van der Waals surface area contributed by atoms with Gasteiger partial charge in [0.25, 0.3) is 0 Å². The van der Waals surface area contributed by atoms with Gasteiger partial charge in [0, 0.05) is 5.41 Å². The number of carbonyl (C=O) groups excluding carboxylic acids is 1. The van der Waals surface area contributed by atoms with Crippen molar-refractivity contribution in [2.75, 3.05) is 12.0 Å². The molecule has 0 aromatic carbocycles. The van der Waals surface area contributed by atoms with E-state index in [9.17, 15) is 14.7 Å².